The Labute approximate surface area is 201 Å². The summed E-state index contributed by atoms with van der Waals surface area (Å²) < 4.78 is 63.0. The number of hydrogen-bond acceptors (Lipinski definition) is 3. The van der Waals surface area contributed by atoms with Gasteiger partial charge in [-0.1, -0.05) is 47.5 Å². The maximum absolute atomic E-state index is 13.5. The maximum Gasteiger partial charge on any atom is 0.301 e. The number of halogens is 4. The second-order valence-corrected chi connectivity index (χ2v) is 10.1. The summed E-state index contributed by atoms with van der Waals surface area (Å²) in [4.78, 5) is 0. The third-order valence-electron chi connectivity index (χ3n) is 5.40. The van der Waals surface area contributed by atoms with Gasteiger partial charge >= 0.3 is 10.2 Å². The van der Waals surface area contributed by atoms with Gasteiger partial charge in [0, 0.05) is 24.0 Å². The van der Waals surface area contributed by atoms with Crippen molar-refractivity contribution < 1.29 is 21.9 Å². The minimum absolute atomic E-state index is 0.0277. The van der Waals surface area contributed by atoms with Crippen molar-refractivity contribution in [3.05, 3.63) is 99.5 Å². The van der Waals surface area contributed by atoms with E-state index in [4.69, 9.17) is 27.9 Å². The number of ether oxygens (including phenoxy) is 1. The molecule has 0 saturated carbocycles. The van der Waals surface area contributed by atoms with Crippen LogP contribution in [0.1, 0.15) is 17.0 Å². The van der Waals surface area contributed by atoms with E-state index in [0.717, 1.165) is 11.1 Å². The number of morpholine rings is 1. The Morgan fingerprint density at radius 3 is 2.06 bits per heavy atom. The van der Waals surface area contributed by atoms with Gasteiger partial charge in [0.05, 0.1) is 23.4 Å². The van der Waals surface area contributed by atoms with Crippen LogP contribution in [-0.2, 0) is 14.9 Å². The van der Waals surface area contributed by atoms with Crippen molar-refractivity contribution >= 4 is 39.1 Å². The van der Waals surface area contributed by atoms with Crippen LogP contribution in [0.2, 0.25) is 10.0 Å². The van der Waals surface area contributed by atoms with Crippen LogP contribution in [0.5, 0.6) is 0 Å². The number of benzene rings is 3. The second-order valence-electron chi connectivity index (χ2n) is 7.58. The van der Waals surface area contributed by atoms with Crippen molar-refractivity contribution in [1.82, 2.24) is 4.31 Å². The van der Waals surface area contributed by atoms with Gasteiger partial charge in [-0.05, 0) is 53.6 Å². The van der Waals surface area contributed by atoms with Crippen molar-refractivity contribution in [2.24, 2.45) is 0 Å². The molecule has 3 aromatic carbocycles. The van der Waals surface area contributed by atoms with Gasteiger partial charge < -0.3 is 4.74 Å². The number of hydrogen-bond donors (Lipinski definition) is 1. The molecule has 1 atom stereocenters. The maximum atomic E-state index is 13.5. The van der Waals surface area contributed by atoms with E-state index in [2.05, 4.69) is 4.72 Å². The van der Waals surface area contributed by atoms with Crippen LogP contribution >= 0.6 is 23.2 Å². The molecule has 1 heterocycles. The molecule has 0 aromatic heterocycles. The highest BCUT2D eigenvalue weighted by atomic mass is 35.5. The van der Waals surface area contributed by atoms with Crippen molar-refractivity contribution in [3.8, 4) is 0 Å². The summed E-state index contributed by atoms with van der Waals surface area (Å²) in [5, 5.41) is 0.558. The monoisotopic (exact) mass is 512 g/mol. The molecule has 174 valence electrons. The zero-order chi connectivity index (χ0) is 23.6. The van der Waals surface area contributed by atoms with Gasteiger partial charge in [0.1, 0.15) is 11.6 Å². The number of nitrogens with one attached hydrogen (secondary N) is 1. The van der Waals surface area contributed by atoms with E-state index >= 15 is 0 Å². The van der Waals surface area contributed by atoms with E-state index in [9.17, 15) is 17.2 Å². The summed E-state index contributed by atoms with van der Waals surface area (Å²) >= 11 is 12.0. The van der Waals surface area contributed by atoms with Crippen molar-refractivity contribution in [3.63, 3.8) is 0 Å². The molecule has 1 aliphatic rings. The molecule has 0 bridgehead atoms. The Balaban J connectivity index is 1.62. The van der Waals surface area contributed by atoms with Crippen molar-refractivity contribution in [2.45, 2.75) is 12.0 Å². The van der Waals surface area contributed by atoms with Gasteiger partial charge in [-0.2, -0.15) is 12.7 Å². The van der Waals surface area contributed by atoms with Crippen LogP contribution in [0.4, 0.5) is 14.5 Å². The predicted octanol–water partition coefficient (Wildman–Crippen LogP) is 5.46. The summed E-state index contributed by atoms with van der Waals surface area (Å²) in [6.07, 6.45) is -0.591. The van der Waals surface area contributed by atoms with E-state index in [1.165, 1.54) is 46.8 Å². The van der Waals surface area contributed by atoms with Gasteiger partial charge in [-0.15, -0.1) is 0 Å². The van der Waals surface area contributed by atoms with Crippen molar-refractivity contribution in [1.29, 1.82) is 0 Å². The van der Waals surface area contributed by atoms with E-state index in [1.54, 1.807) is 24.3 Å². The first kappa shape index (κ1) is 23.9. The van der Waals surface area contributed by atoms with Crippen LogP contribution in [0, 0.1) is 11.6 Å². The average molecular weight is 513 g/mol. The van der Waals surface area contributed by atoms with Gasteiger partial charge in [-0.25, -0.2) is 8.78 Å². The largest absolute Gasteiger partial charge is 0.374 e. The average Bonchev–Trinajstić information content (AvgIpc) is 2.79. The standard InChI is InChI=1S/C23H20Cl2F2N2O3S/c24-17-5-10-21(20(25)13-17)28-33(30,31)29-11-12-32-22(14-29)23(15-1-6-18(26)7-2-15)16-3-8-19(27)9-4-16/h1-10,13,22-23,28H,11-12,14H2. The first-order valence-electron chi connectivity index (χ1n) is 10.1. The lowest BCUT2D eigenvalue weighted by Crippen LogP contribution is -2.49. The number of nitrogens with zero attached hydrogens (tertiary/aromatic N) is 1. The molecular weight excluding hydrogens is 493 g/mol. The molecule has 0 radical (unpaired) electrons. The quantitative estimate of drug-likeness (QED) is 0.476. The molecule has 0 amide bonds. The first-order valence-corrected chi connectivity index (χ1v) is 12.3. The van der Waals surface area contributed by atoms with Crippen LogP contribution in [0.3, 0.4) is 0 Å². The zero-order valence-electron chi connectivity index (χ0n) is 17.2. The molecular formula is C23H20Cl2F2N2O3S. The fourth-order valence-corrected chi connectivity index (χ4v) is 5.56. The van der Waals surface area contributed by atoms with Crippen LogP contribution in [0.15, 0.2) is 66.7 Å². The lowest BCUT2D eigenvalue weighted by atomic mass is 9.86. The summed E-state index contributed by atoms with van der Waals surface area (Å²) in [6, 6.07) is 16.2. The molecule has 1 N–H and O–H groups in total. The molecule has 1 unspecified atom stereocenters. The lowest BCUT2D eigenvalue weighted by Gasteiger charge is -2.37. The van der Waals surface area contributed by atoms with E-state index in [-0.39, 0.29) is 30.4 Å². The normalized spacial score (nSPS) is 17.3. The molecule has 0 spiro atoms. The summed E-state index contributed by atoms with van der Waals surface area (Å²) in [7, 11) is -3.96. The third-order valence-corrected chi connectivity index (χ3v) is 7.43. The molecule has 10 heteroatoms. The molecule has 5 nitrogen and oxygen atoms in total. The molecule has 1 aliphatic heterocycles. The minimum atomic E-state index is -3.96. The third kappa shape index (κ3) is 5.65. The van der Waals surface area contributed by atoms with Crippen molar-refractivity contribution in [2.75, 3.05) is 24.4 Å². The second kappa shape index (κ2) is 9.95. The van der Waals surface area contributed by atoms with Crippen LogP contribution in [0.25, 0.3) is 0 Å². The highest BCUT2D eigenvalue weighted by Gasteiger charge is 2.35. The van der Waals surface area contributed by atoms with Crippen LogP contribution < -0.4 is 4.72 Å². The number of rotatable bonds is 6. The Morgan fingerprint density at radius 2 is 1.52 bits per heavy atom. The Bertz CT molecular complexity index is 1180. The van der Waals surface area contributed by atoms with E-state index < -0.39 is 33.9 Å². The molecule has 4 rings (SSSR count). The summed E-state index contributed by atoms with van der Waals surface area (Å²) in [5.41, 5.74) is 1.65. The summed E-state index contributed by atoms with van der Waals surface area (Å²) in [5.74, 6) is -1.23. The van der Waals surface area contributed by atoms with E-state index in [1.807, 2.05) is 0 Å². The van der Waals surface area contributed by atoms with Gasteiger partial charge in [0.15, 0.2) is 0 Å². The first-order chi connectivity index (χ1) is 15.7. The van der Waals surface area contributed by atoms with E-state index in [0.29, 0.717) is 5.02 Å². The predicted molar refractivity (Wildman–Crippen MR) is 125 cm³/mol. The minimum Gasteiger partial charge on any atom is -0.374 e. The molecule has 3 aromatic rings. The van der Waals surface area contributed by atoms with Gasteiger partial charge in [-0.3, -0.25) is 4.72 Å². The SMILES string of the molecule is O=S(=O)(Nc1ccc(Cl)cc1Cl)N1CCOC(C(c2ccc(F)cc2)c2ccc(F)cc2)C1. The van der Waals surface area contributed by atoms with Crippen LogP contribution in [-0.4, -0.2) is 38.5 Å². The zero-order valence-corrected chi connectivity index (χ0v) is 19.5. The fourth-order valence-electron chi connectivity index (χ4n) is 3.81. The highest BCUT2D eigenvalue weighted by Crippen LogP contribution is 2.33. The molecule has 1 saturated heterocycles. The molecule has 1 fully saturated rings. The molecule has 0 aliphatic carbocycles. The fraction of sp³-hybridized carbons (Fsp3) is 0.217. The van der Waals surface area contributed by atoms with Gasteiger partial charge in [0.25, 0.3) is 0 Å². The molecule has 33 heavy (non-hydrogen) atoms. The Morgan fingerprint density at radius 1 is 0.939 bits per heavy atom. The summed E-state index contributed by atoms with van der Waals surface area (Å²) in [6.45, 7) is 0.315. The topological polar surface area (TPSA) is 58.6 Å². The highest BCUT2D eigenvalue weighted by molar-refractivity contribution is 7.90. The number of anilines is 1. The lowest BCUT2D eigenvalue weighted by molar-refractivity contribution is -0.00977. The Kier molecular flexibility index (Phi) is 7.21. The smallest absolute Gasteiger partial charge is 0.301 e. The van der Waals surface area contributed by atoms with Gasteiger partial charge in [0.2, 0.25) is 0 Å². The Hall–Kier alpha value is -2.23.